The molecule has 0 aliphatic heterocycles. The maximum Gasteiger partial charge on any atom is 0.315 e. The number of rotatable bonds is 5. The van der Waals surface area contributed by atoms with Gasteiger partial charge in [-0.1, -0.05) is 12.1 Å². The van der Waals surface area contributed by atoms with Crippen LogP contribution in [0.1, 0.15) is 34.7 Å². The molecule has 2 rings (SSSR count). The van der Waals surface area contributed by atoms with Crippen molar-refractivity contribution in [1.29, 1.82) is 0 Å². The van der Waals surface area contributed by atoms with Gasteiger partial charge in [0.1, 0.15) is 5.82 Å². The zero-order valence-electron chi connectivity index (χ0n) is 11.2. The number of primary amides is 1. The molecule has 0 radical (unpaired) electrons. The van der Waals surface area contributed by atoms with Crippen molar-refractivity contribution in [2.75, 3.05) is 11.1 Å². The maximum absolute atomic E-state index is 10.8. The van der Waals surface area contributed by atoms with Crippen LogP contribution in [0.15, 0.2) is 4.52 Å². The van der Waals surface area contributed by atoms with Crippen LogP contribution in [0, 0.1) is 6.92 Å². The quantitative estimate of drug-likeness (QED) is 0.693. The first-order valence-corrected chi connectivity index (χ1v) is 6.00. The molecule has 0 fully saturated rings. The number of nitrogens with two attached hydrogens (primary N) is 2. The van der Waals surface area contributed by atoms with Crippen LogP contribution < -0.4 is 16.8 Å². The molecule has 0 aliphatic carbocycles. The average molecular weight is 277 g/mol. The minimum atomic E-state index is -0.764. The molecule has 2 aromatic rings. The fourth-order valence-electron chi connectivity index (χ4n) is 1.69. The van der Waals surface area contributed by atoms with E-state index < -0.39 is 5.91 Å². The number of carbonyl (C=O) groups excluding carboxylic acids is 1. The van der Waals surface area contributed by atoms with Crippen LogP contribution in [0.4, 0.5) is 11.8 Å². The fourth-order valence-corrected chi connectivity index (χ4v) is 1.69. The van der Waals surface area contributed by atoms with E-state index in [4.69, 9.17) is 11.5 Å². The number of aryl methyl sites for hydroxylation is 1. The van der Waals surface area contributed by atoms with Crippen LogP contribution in [0.5, 0.6) is 0 Å². The predicted molar refractivity (Wildman–Crippen MR) is 70.7 cm³/mol. The molecule has 106 valence electrons. The van der Waals surface area contributed by atoms with Gasteiger partial charge in [-0.15, -0.1) is 0 Å². The Bertz CT molecular complexity index is 638. The standard InChI is InChI=1S/C11H15N7O2/c1-3-6-5(2)9(17-11(13)15-6)14-4-7-16-10(8(12)19)20-18-7/h3-4H2,1-2H3,(H2,12,19)(H3,13,14,15,17). The highest BCUT2D eigenvalue weighted by Crippen LogP contribution is 2.17. The number of nitrogens with one attached hydrogen (secondary N) is 1. The Kier molecular flexibility index (Phi) is 3.78. The largest absolute Gasteiger partial charge is 0.368 e. The zero-order chi connectivity index (χ0) is 14.7. The number of hydrogen-bond acceptors (Lipinski definition) is 8. The molecule has 0 saturated heterocycles. The number of nitrogen functional groups attached to an aromatic ring is 1. The summed E-state index contributed by atoms with van der Waals surface area (Å²) in [6, 6.07) is 0. The number of aromatic nitrogens is 4. The molecule has 2 heterocycles. The van der Waals surface area contributed by atoms with Gasteiger partial charge < -0.3 is 21.3 Å². The van der Waals surface area contributed by atoms with Gasteiger partial charge in [0.25, 0.3) is 0 Å². The summed E-state index contributed by atoms with van der Waals surface area (Å²) >= 11 is 0. The van der Waals surface area contributed by atoms with E-state index in [1.54, 1.807) is 0 Å². The highest BCUT2D eigenvalue weighted by molar-refractivity contribution is 5.87. The summed E-state index contributed by atoms with van der Waals surface area (Å²) < 4.78 is 4.68. The first-order valence-electron chi connectivity index (χ1n) is 6.00. The van der Waals surface area contributed by atoms with E-state index in [1.165, 1.54) is 0 Å². The first-order chi connectivity index (χ1) is 9.51. The summed E-state index contributed by atoms with van der Waals surface area (Å²) in [4.78, 5) is 22.9. The van der Waals surface area contributed by atoms with Gasteiger partial charge in [0.15, 0.2) is 5.82 Å². The molecule has 1 amide bonds. The first kappa shape index (κ1) is 13.7. The SMILES string of the molecule is CCc1nc(N)nc(NCc2noc(C(N)=O)n2)c1C. The molecule has 9 nitrogen and oxygen atoms in total. The Balaban J connectivity index is 2.14. The van der Waals surface area contributed by atoms with Crippen LogP contribution in [-0.2, 0) is 13.0 Å². The van der Waals surface area contributed by atoms with Gasteiger partial charge in [0.05, 0.1) is 12.2 Å². The average Bonchev–Trinajstić information content (AvgIpc) is 2.88. The van der Waals surface area contributed by atoms with Gasteiger partial charge in [-0.25, -0.2) is 4.98 Å². The van der Waals surface area contributed by atoms with Crippen molar-refractivity contribution in [3.05, 3.63) is 23.0 Å². The molecule has 0 spiro atoms. The Morgan fingerprint density at radius 2 is 2.10 bits per heavy atom. The Morgan fingerprint density at radius 3 is 2.70 bits per heavy atom. The summed E-state index contributed by atoms with van der Waals surface area (Å²) in [5.41, 5.74) is 12.4. The van der Waals surface area contributed by atoms with E-state index in [2.05, 4.69) is 29.9 Å². The minimum absolute atomic E-state index is 0.195. The van der Waals surface area contributed by atoms with Crippen molar-refractivity contribution in [3.8, 4) is 0 Å². The molecule has 0 bridgehead atoms. The highest BCUT2D eigenvalue weighted by Gasteiger charge is 2.13. The molecular formula is C11H15N7O2. The Morgan fingerprint density at radius 1 is 1.35 bits per heavy atom. The van der Waals surface area contributed by atoms with E-state index in [0.717, 1.165) is 17.7 Å². The van der Waals surface area contributed by atoms with Gasteiger partial charge >= 0.3 is 11.8 Å². The number of amides is 1. The number of nitrogens with zero attached hydrogens (tertiary/aromatic N) is 4. The van der Waals surface area contributed by atoms with E-state index in [-0.39, 0.29) is 18.4 Å². The van der Waals surface area contributed by atoms with Gasteiger partial charge in [-0.2, -0.15) is 9.97 Å². The number of hydrogen-bond donors (Lipinski definition) is 3. The third kappa shape index (κ3) is 2.82. The lowest BCUT2D eigenvalue weighted by Crippen LogP contribution is -2.12. The molecule has 5 N–H and O–H groups in total. The van der Waals surface area contributed by atoms with Crippen LogP contribution in [0.3, 0.4) is 0 Å². The predicted octanol–water partition coefficient (Wildman–Crippen LogP) is 0.0236. The molecule has 20 heavy (non-hydrogen) atoms. The summed E-state index contributed by atoms with van der Waals surface area (Å²) in [6.07, 6.45) is 0.751. The Labute approximate surface area is 114 Å². The number of carbonyl (C=O) groups is 1. The highest BCUT2D eigenvalue weighted by atomic mass is 16.5. The summed E-state index contributed by atoms with van der Waals surface area (Å²) in [6.45, 7) is 4.11. The lowest BCUT2D eigenvalue weighted by atomic mass is 10.2. The monoisotopic (exact) mass is 277 g/mol. The lowest BCUT2D eigenvalue weighted by molar-refractivity contribution is 0.0958. The van der Waals surface area contributed by atoms with Gasteiger partial charge in [-0.05, 0) is 13.3 Å². The topological polar surface area (TPSA) is 146 Å². The molecule has 0 atom stereocenters. The zero-order valence-corrected chi connectivity index (χ0v) is 11.2. The second-order valence-corrected chi connectivity index (χ2v) is 4.09. The van der Waals surface area contributed by atoms with E-state index in [1.807, 2.05) is 13.8 Å². The number of anilines is 2. The third-order valence-corrected chi connectivity index (χ3v) is 2.69. The van der Waals surface area contributed by atoms with Gasteiger partial charge in [0.2, 0.25) is 5.95 Å². The van der Waals surface area contributed by atoms with Crippen LogP contribution in [0.25, 0.3) is 0 Å². The third-order valence-electron chi connectivity index (χ3n) is 2.69. The van der Waals surface area contributed by atoms with Gasteiger partial charge in [0, 0.05) is 5.56 Å². The van der Waals surface area contributed by atoms with Crippen LogP contribution in [0.2, 0.25) is 0 Å². The molecule has 2 aromatic heterocycles. The van der Waals surface area contributed by atoms with Crippen molar-refractivity contribution in [3.63, 3.8) is 0 Å². The van der Waals surface area contributed by atoms with E-state index in [0.29, 0.717) is 11.6 Å². The summed E-state index contributed by atoms with van der Waals surface area (Å²) in [7, 11) is 0. The van der Waals surface area contributed by atoms with Crippen molar-refractivity contribution in [2.45, 2.75) is 26.8 Å². The lowest BCUT2D eigenvalue weighted by Gasteiger charge is -2.10. The minimum Gasteiger partial charge on any atom is -0.368 e. The fraction of sp³-hybridized carbons (Fsp3) is 0.364. The van der Waals surface area contributed by atoms with Crippen LogP contribution in [-0.4, -0.2) is 26.0 Å². The molecule has 0 aliphatic rings. The van der Waals surface area contributed by atoms with Crippen LogP contribution >= 0.6 is 0 Å². The molecule has 0 saturated carbocycles. The molecule has 0 unspecified atom stereocenters. The summed E-state index contributed by atoms with van der Waals surface area (Å²) in [5, 5.41) is 6.65. The Hall–Kier alpha value is -2.71. The molecule has 0 aromatic carbocycles. The summed E-state index contributed by atoms with van der Waals surface area (Å²) in [5.74, 6) is 0.101. The van der Waals surface area contributed by atoms with E-state index in [9.17, 15) is 4.79 Å². The van der Waals surface area contributed by atoms with Crippen molar-refractivity contribution >= 4 is 17.7 Å². The second-order valence-electron chi connectivity index (χ2n) is 4.09. The molecule has 9 heteroatoms. The normalized spacial score (nSPS) is 10.5. The van der Waals surface area contributed by atoms with Crippen molar-refractivity contribution in [1.82, 2.24) is 20.1 Å². The van der Waals surface area contributed by atoms with Gasteiger partial charge in [-0.3, -0.25) is 4.79 Å². The van der Waals surface area contributed by atoms with Crippen molar-refractivity contribution < 1.29 is 9.32 Å². The maximum atomic E-state index is 10.8. The molecular weight excluding hydrogens is 262 g/mol. The smallest absolute Gasteiger partial charge is 0.315 e. The van der Waals surface area contributed by atoms with E-state index >= 15 is 0 Å². The van der Waals surface area contributed by atoms with Crippen molar-refractivity contribution in [2.24, 2.45) is 5.73 Å². The second kappa shape index (κ2) is 5.51.